The van der Waals surface area contributed by atoms with Gasteiger partial charge in [-0.2, -0.15) is 0 Å². The molecule has 0 unspecified atom stereocenters. The van der Waals surface area contributed by atoms with Crippen molar-refractivity contribution in [2.75, 3.05) is 53.0 Å². The average molecular weight is 401 g/mol. The van der Waals surface area contributed by atoms with Gasteiger partial charge in [0.05, 0.1) is 20.3 Å². The largest absolute Gasteiger partial charge is 0.493 e. The molecule has 6 heteroatoms. The maximum Gasteiger partial charge on any atom is 0.246 e. The first kappa shape index (κ1) is 20.2. The standard InChI is InChI=1S/C23H32N2O4/c1-27-22-16-18(5-7-23(26)25-12-14-28-15-13-25)4-6-21(22)29-20-8-10-24(11-9-20)17-19-2-3-19/h4-7,16,19-20H,2-3,8-15,17H2,1H3. The predicted octanol–water partition coefficient (Wildman–Crippen LogP) is 2.82. The van der Waals surface area contributed by atoms with Gasteiger partial charge in [0, 0.05) is 38.8 Å². The van der Waals surface area contributed by atoms with Crippen molar-refractivity contribution in [1.82, 2.24) is 9.80 Å². The van der Waals surface area contributed by atoms with E-state index in [1.807, 2.05) is 29.2 Å². The Balaban J connectivity index is 1.31. The summed E-state index contributed by atoms with van der Waals surface area (Å²) in [7, 11) is 1.66. The van der Waals surface area contributed by atoms with Gasteiger partial charge in [0.25, 0.3) is 0 Å². The minimum absolute atomic E-state index is 0.0190. The lowest BCUT2D eigenvalue weighted by Crippen LogP contribution is -2.39. The highest BCUT2D eigenvalue weighted by molar-refractivity contribution is 5.91. The van der Waals surface area contributed by atoms with E-state index >= 15 is 0 Å². The van der Waals surface area contributed by atoms with Crippen LogP contribution in [0.25, 0.3) is 6.08 Å². The Hall–Kier alpha value is -2.05. The Morgan fingerprint density at radius 3 is 2.55 bits per heavy atom. The van der Waals surface area contributed by atoms with Gasteiger partial charge in [0.15, 0.2) is 11.5 Å². The molecule has 2 saturated heterocycles. The van der Waals surface area contributed by atoms with Gasteiger partial charge in [-0.25, -0.2) is 0 Å². The number of carbonyl (C=O) groups excluding carboxylic acids is 1. The number of ether oxygens (including phenoxy) is 3. The molecule has 2 aliphatic heterocycles. The number of hydrogen-bond donors (Lipinski definition) is 0. The van der Waals surface area contributed by atoms with E-state index < -0.39 is 0 Å². The van der Waals surface area contributed by atoms with Gasteiger partial charge in [0.2, 0.25) is 5.91 Å². The highest BCUT2D eigenvalue weighted by atomic mass is 16.5. The fourth-order valence-corrected chi connectivity index (χ4v) is 4.00. The van der Waals surface area contributed by atoms with E-state index in [2.05, 4.69) is 4.90 Å². The van der Waals surface area contributed by atoms with Crippen LogP contribution in [0, 0.1) is 5.92 Å². The van der Waals surface area contributed by atoms with Crippen molar-refractivity contribution in [2.45, 2.75) is 31.8 Å². The Morgan fingerprint density at radius 1 is 1.10 bits per heavy atom. The maximum atomic E-state index is 12.3. The lowest BCUT2D eigenvalue weighted by Gasteiger charge is -2.32. The van der Waals surface area contributed by atoms with Crippen LogP contribution in [0.3, 0.4) is 0 Å². The number of benzene rings is 1. The molecule has 1 aromatic carbocycles. The molecule has 1 aromatic rings. The zero-order valence-corrected chi connectivity index (χ0v) is 17.3. The van der Waals surface area contributed by atoms with Crippen molar-refractivity contribution in [3.8, 4) is 11.5 Å². The van der Waals surface area contributed by atoms with E-state index in [0.29, 0.717) is 32.1 Å². The zero-order valence-electron chi connectivity index (χ0n) is 17.3. The van der Waals surface area contributed by atoms with Crippen molar-refractivity contribution >= 4 is 12.0 Å². The Labute approximate surface area is 173 Å². The van der Waals surface area contributed by atoms with Gasteiger partial charge < -0.3 is 24.0 Å². The third-order valence-electron chi connectivity index (χ3n) is 5.97. The molecule has 29 heavy (non-hydrogen) atoms. The highest BCUT2D eigenvalue weighted by Gasteiger charge is 2.28. The number of rotatable bonds is 7. The van der Waals surface area contributed by atoms with Gasteiger partial charge in [-0.3, -0.25) is 4.79 Å². The normalized spacial score (nSPS) is 21.5. The summed E-state index contributed by atoms with van der Waals surface area (Å²) in [5.74, 6) is 2.46. The molecule has 1 aliphatic carbocycles. The second kappa shape index (κ2) is 9.63. The molecule has 2 heterocycles. The second-order valence-corrected chi connectivity index (χ2v) is 8.24. The van der Waals surface area contributed by atoms with Gasteiger partial charge in [-0.05, 0) is 55.4 Å². The summed E-state index contributed by atoms with van der Waals surface area (Å²) in [5.41, 5.74) is 0.926. The van der Waals surface area contributed by atoms with Crippen molar-refractivity contribution in [1.29, 1.82) is 0 Å². The number of likely N-dealkylation sites (tertiary alicyclic amines) is 1. The number of amides is 1. The summed E-state index contributed by atoms with van der Waals surface area (Å²) in [6.07, 6.45) is 8.64. The Bertz CT molecular complexity index is 718. The van der Waals surface area contributed by atoms with Gasteiger partial charge in [0.1, 0.15) is 6.10 Å². The number of hydrogen-bond acceptors (Lipinski definition) is 5. The molecule has 4 rings (SSSR count). The molecule has 0 radical (unpaired) electrons. The first-order chi connectivity index (χ1) is 14.2. The van der Waals surface area contributed by atoms with Gasteiger partial charge in [-0.1, -0.05) is 6.07 Å². The van der Waals surface area contributed by atoms with Crippen molar-refractivity contribution in [3.63, 3.8) is 0 Å². The second-order valence-electron chi connectivity index (χ2n) is 8.24. The lowest BCUT2D eigenvalue weighted by molar-refractivity contribution is -0.129. The van der Waals surface area contributed by atoms with Crippen LogP contribution in [0.15, 0.2) is 24.3 Å². The minimum atomic E-state index is 0.0190. The van der Waals surface area contributed by atoms with Gasteiger partial charge >= 0.3 is 0 Å². The van der Waals surface area contributed by atoms with E-state index in [4.69, 9.17) is 14.2 Å². The van der Waals surface area contributed by atoms with Crippen molar-refractivity contribution in [3.05, 3.63) is 29.8 Å². The van der Waals surface area contributed by atoms with E-state index in [9.17, 15) is 4.79 Å². The SMILES string of the molecule is COc1cc(C=CC(=O)N2CCOCC2)ccc1OC1CCN(CC2CC2)CC1. The van der Waals surface area contributed by atoms with Crippen LogP contribution in [0.5, 0.6) is 11.5 Å². The van der Waals surface area contributed by atoms with Crippen LogP contribution in [0.1, 0.15) is 31.2 Å². The van der Waals surface area contributed by atoms with Gasteiger partial charge in [-0.15, -0.1) is 0 Å². The third-order valence-corrected chi connectivity index (χ3v) is 5.97. The molecule has 158 valence electrons. The molecule has 1 saturated carbocycles. The molecule has 0 spiro atoms. The van der Waals surface area contributed by atoms with Crippen molar-refractivity contribution < 1.29 is 19.0 Å². The number of methoxy groups -OCH3 is 1. The summed E-state index contributed by atoms with van der Waals surface area (Å²) < 4.78 is 17.1. The van der Waals surface area contributed by atoms with E-state index in [0.717, 1.165) is 43.2 Å². The van der Waals surface area contributed by atoms with Crippen LogP contribution in [-0.2, 0) is 9.53 Å². The smallest absolute Gasteiger partial charge is 0.246 e. The topological polar surface area (TPSA) is 51.2 Å². The summed E-state index contributed by atoms with van der Waals surface area (Å²) in [6, 6.07) is 5.86. The van der Waals surface area contributed by atoms with E-state index in [1.165, 1.54) is 19.4 Å². The van der Waals surface area contributed by atoms with Crippen molar-refractivity contribution in [2.24, 2.45) is 5.92 Å². The number of nitrogens with zero attached hydrogens (tertiary/aromatic N) is 2. The first-order valence-corrected chi connectivity index (χ1v) is 10.8. The molecular formula is C23H32N2O4. The van der Waals surface area contributed by atoms with Crippen LogP contribution in [0.4, 0.5) is 0 Å². The number of piperidine rings is 1. The fraction of sp³-hybridized carbons (Fsp3) is 0.609. The summed E-state index contributed by atoms with van der Waals surface area (Å²) in [6.45, 7) is 6.03. The Morgan fingerprint density at radius 2 is 1.86 bits per heavy atom. The zero-order chi connectivity index (χ0) is 20.1. The number of carbonyl (C=O) groups is 1. The van der Waals surface area contributed by atoms with E-state index in [1.54, 1.807) is 13.2 Å². The predicted molar refractivity (Wildman–Crippen MR) is 112 cm³/mol. The molecule has 0 atom stereocenters. The molecular weight excluding hydrogens is 368 g/mol. The van der Waals surface area contributed by atoms with E-state index in [-0.39, 0.29) is 12.0 Å². The maximum absolute atomic E-state index is 12.3. The molecule has 0 N–H and O–H groups in total. The molecule has 0 aromatic heterocycles. The molecule has 3 fully saturated rings. The summed E-state index contributed by atoms with van der Waals surface area (Å²) >= 11 is 0. The summed E-state index contributed by atoms with van der Waals surface area (Å²) in [4.78, 5) is 16.7. The third kappa shape index (κ3) is 5.73. The summed E-state index contributed by atoms with van der Waals surface area (Å²) in [5, 5.41) is 0. The molecule has 0 bridgehead atoms. The van der Waals surface area contributed by atoms with Crippen LogP contribution in [-0.4, -0.2) is 74.9 Å². The number of morpholine rings is 1. The average Bonchev–Trinajstić information content (AvgIpc) is 3.58. The van der Waals surface area contributed by atoms with Crippen LogP contribution >= 0.6 is 0 Å². The highest BCUT2D eigenvalue weighted by Crippen LogP contribution is 2.33. The molecule has 6 nitrogen and oxygen atoms in total. The fourth-order valence-electron chi connectivity index (χ4n) is 4.00. The van der Waals surface area contributed by atoms with Crippen LogP contribution in [0.2, 0.25) is 0 Å². The minimum Gasteiger partial charge on any atom is -0.493 e. The Kier molecular flexibility index (Phi) is 6.72. The molecule has 3 aliphatic rings. The monoisotopic (exact) mass is 400 g/mol. The van der Waals surface area contributed by atoms with Crippen LogP contribution < -0.4 is 9.47 Å². The quantitative estimate of drug-likeness (QED) is 0.659. The lowest BCUT2D eigenvalue weighted by atomic mass is 10.1. The first-order valence-electron chi connectivity index (χ1n) is 10.8. The molecule has 1 amide bonds.